The van der Waals surface area contributed by atoms with Crippen LogP contribution < -0.4 is 0 Å². The highest BCUT2D eigenvalue weighted by Gasteiger charge is 2.33. The summed E-state index contributed by atoms with van der Waals surface area (Å²) >= 11 is 0. The standard InChI is InChI=1S/C15H18O3/c1-10(14(17)18)9-15(2)7-3-4-11-8-12(16)5-6-13(11)15/h5-6,8,16H,1,3-4,7,9H2,2H3,(H,17,18). The van der Waals surface area contributed by atoms with Crippen LogP contribution in [0.15, 0.2) is 30.4 Å². The number of benzene rings is 1. The molecule has 1 atom stereocenters. The van der Waals surface area contributed by atoms with Crippen molar-refractivity contribution in [2.45, 2.75) is 38.0 Å². The number of phenols is 1. The molecular formula is C15H18O3. The fourth-order valence-electron chi connectivity index (χ4n) is 2.91. The minimum absolute atomic E-state index is 0.184. The highest BCUT2D eigenvalue weighted by Crippen LogP contribution is 2.42. The van der Waals surface area contributed by atoms with E-state index < -0.39 is 5.97 Å². The van der Waals surface area contributed by atoms with Gasteiger partial charge in [-0.3, -0.25) is 0 Å². The Bertz CT molecular complexity index is 504. The SMILES string of the molecule is C=C(CC1(C)CCCc2cc(O)ccc21)C(=O)O. The molecule has 96 valence electrons. The molecule has 0 spiro atoms. The number of fused-ring (bicyclic) bond motifs is 1. The summed E-state index contributed by atoms with van der Waals surface area (Å²) in [5.74, 6) is -0.655. The van der Waals surface area contributed by atoms with Crippen molar-refractivity contribution in [3.63, 3.8) is 0 Å². The van der Waals surface area contributed by atoms with Crippen LogP contribution >= 0.6 is 0 Å². The average Bonchev–Trinajstić information content (AvgIpc) is 2.28. The lowest BCUT2D eigenvalue weighted by atomic mass is 9.68. The van der Waals surface area contributed by atoms with Gasteiger partial charge in [0.2, 0.25) is 0 Å². The van der Waals surface area contributed by atoms with Gasteiger partial charge < -0.3 is 10.2 Å². The Morgan fingerprint density at radius 3 is 2.89 bits per heavy atom. The van der Waals surface area contributed by atoms with Crippen molar-refractivity contribution in [2.24, 2.45) is 0 Å². The topological polar surface area (TPSA) is 57.5 Å². The van der Waals surface area contributed by atoms with Crippen LogP contribution in [0.5, 0.6) is 5.75 Å². The van der Waals surface area contributed by atoms with Crippen LogP contribution in [0.2, 0.25) is 0 Å². The van der Waals surface area contributed by atoms with Gasteiger partial charge in [-0.05, 0) is 54.4 Å². The van der Waals surface area contributed by atoms with E-state index in [9.17, 15) is 9.90 Å². The Balaban J connectivity index is 2.36. The third-order valence-electron chi connectivity index (χ3n) is 3.82. The summed E-state index contributed by atoms with van der Waals surface area (Å²) in [7, 11) is 0. The van der Waals surface area contributed by atoms with Crippen LogP contribution in [0.1, 0.15) is 37.3 Å². The van der Waals surface area contributed by atoms with Crippen LogP contribution in [0.4, 0.5) is 0 Å². The molecule has 0 saturated heterocycles. The summed E-state index contributed by atoms with van der Waals surface area (Å²) in [6.45, 7) is 5.71. The summed E-state index contributed by atoms with van der Waals surface area (Å²) in [5.41, 5.74) is 2.34. The zero-order valence-electron chi connectivity index (χ0n) is 10.6. The van der Waals surface area contributed by atoms with Crippen molar-refractivity contribution in [1.82, 2.24) is 0 Å². The van der Waals surface area contributed by atoms with Gasteiger partial charge in [-0.1, -0.05) is 19.6 Å². The number of rotatable bonds is 3. The number of aliphatic carboxylic acids is 1. The normalized spacial score (nSPS) is 22.3. The first-order valence-corrected chi connectivity index (χ1v) is 6.16. The molecule has 1 aromatic carbocycles. The summed E-state index contributed by atoms with van der Waals surface area (Å²) in [6, 6.07) is 5.38. The van der Waals surface area contributed by atoms with E-state index in [-0.39, 0.29) is 16.7 Å². The van der Waals surface area contributed by atoms with Crippen LogP contribution in [-0.2, 0) is 16.6 Å². The molecule has 0 aromatic heterocycles. The van der Waals surface area contributed by atoms with E-state index in [2.05, 4.69) is 13.5 Å². The molecular weight excluding hydrogens is 228 g/mol. The largest absolute Gasteiger partial charge is 0.508 e. The number of carboxylic acids is 1. The molecule has 0 radical (unpaired) electrons. The quantitative estimate of drug-likeness (QED) is 0.806. The van der Waals surface area contributed by atoms with Gasteiger partial charge in [-0.15, -0.1) is 0 Å². The fraction of sp³-hybridized carbons (Fsp3) is 0.400. The first kappa shape index (κ1) is 12.7. The number of hydrogen-bond donors (Lipinski definition) is 2. The van der Waals surface area contributed by atoms with E-state index in [0.29, 0.717) is 6.42 Å². The zero-order chi connectivity index (χ0) is 13.3. The van der Waals surface area contributed by atoms with Gasteiger partial charge in [-0.25, -0.2) is 4.79 Å². The smallest absolute Gasteiger partial charge is 0.330 e. The van der Waals surface area contributed by atoms with Gasteiger partial charge in [0.25, 0.3) is 0 Å². The molecule has 1 aliphatic carbocycles. The molecule has 0 fully saturated rings. The van der Waals surface area contributed by atoms with Crippen LogP contribution in [0.3, 0.4) is 0 Å². The van der Waals surface area contributed by atoms with Gasteiger partial charge in [0.05, 0.1) is 0 Å². The van der Waals surface area contributed by atoms with Gasteiger partial charge in [0, 0.05) is 5.57 Å². The maximum Gasteiger partial charge on any atom is 0.330 e. The van der Waals surface area contributed by atoms with Gasteiger partial charge in [-0.2, -0.15) is 0 Å². The first-order chi connectivity index (χ1) is 8.42. The second-order valence-electron chi connectivity index (χ2n) is 5.34. The number of phenolic OH excluding ortho intramolecular Hbond substituents is 1. The van der Waals surface area contributed by atoms with E-state index in [1.54, 1.807) is 12.1 Å². The molecule has 1 unspecified atom stereocenters. The number of carboxylic acid groups (broad SMARTS) is 1. The molecule has 1 aliphatic rings. The third kappa shape index (κ3) is 2.26. The average molecular weight is 246 g/mol. The first-order valence-electron chi connectivity index (χ1n) is 6.16. The number of carbonyl (C=O) groups is 1. The van der Waals surface area contributed by atoms with Crippen LogP contribution in [-0.4, -0.2) is 16.2 Å². The second kappa shape index (κ2) is 4.48. The lowest BCUT2D eigenvalue weighted by molar-refractivity contribution is -0.132. The summed E-state index contributed by atoms with van der Waals surface area (Å²) in [5, 5.41) is 18.5. The van der Waals surface area contributed by atoms with E-state index >= 15 is 0 Å². The molecule has 0 saturated carbocycles. The van der Waals surface area contributed by atoms with E-state index in [4.69, 9.17) is 5.11 Å². The molecule has 0 amide bonds. The maximum atomic E-state index is 10.9. The number of aryl methyl sites for hydroxylation is 1. The van der Waals surface area contributed by atoms with Crippen LogP contribution in [0, 0.1) is 0 Å². The Morgan fingerprint density at radius 1 is 1.50 bits per heavy atom. The highest BCUT2D eigenvalue weighted by atomic mass is 16.4. The van der Waals surface area contributed by atoms with E-state index in [1.165, 1.54) is 0 Å². The fourth-order valence-corrected chi connectivity index (χ4v) is 2.91. The monoisotopic (exact) mass is 246 g/mol. The minimum atomic E-state index is -0.929. The Labute approximate surface area is 107 Å². The Hall–Kier alpha value is -1.77. The molecule has 3 nitrogen and oxygen atoms in total. The van der Waals surface area contributed by atoms with Gasteiger partial charge >= 0.3 is 5.97 Å². The van der Waals surface area contributed by atoms with Crippen molar-refractivity contribution in [1.29, 1.82) is 0 Å². The van der Waals surface area contributed by atoms with Crippen molar-refractivity contribution in [2.75, 3.05) is 0 Å². The molecule has 0 aliphatic heterocycles. The third-order valence-corrected chi connectivity index (χ3v) is 3.82. The maximum absolute atomic E-state index is 10.9. The molecule has 1 aromatic rings. The van der Waals surface area contributed by atoms with Crippen LogP contribution in [0.25, 0.3) is 0 Å². The zero-order valence-corrected chi connectivity index (χ0v) is 10.6. The molecule has 2 rings (SSSR count). The number of aromatic hydroxyl groups is 1. The molecule has 0 bridgehead atoms. The van der Waals surface area contributed by atoms with Crippen molar-refractivity contribution >= 4 is 5.97 Å². The molecule has 2 N–H and O–H groups in total. The van der Waals surface area contributed by atoms with E-state index in [1.807, 2.05) is 6.07 Å². The lowest BCUT2D eigenvalue weighted by Crippen LogP contribution is -2.29. The summed E-state index contributed by atoms with van der Waals surface area (Å²) < 4.78 is 0. The molecule has 0 heterocycles. The predicted octanol–water partition coefficient (Wildman–Crippen LogP) is 3.02. The highest BCUT2D eigenvalue weighted by molar-refractivity contribution is 5.86. The van der Waals surface area contributed by atoms with Crippen molar-refractivity contribution < 1.29 is 15.0 Å². The Kier molecular flexibility index (Phi) is 3.16. The summed E-state index contributed by atoms with van der Waals surface area (Å²) in [4.78, 5) is 10.9. The molecule has 3 heteroatoms. The minimum Gasteiger partial charge on any atom is -0.508 e. The van der Waals surface area contributed by atoms with Gasteiger partial charge in [0.1, 0.15) is 5.75 Å². The van der Waals surface area contributed by atoms with Crippen molar-refractivity contribution in [3.05, 3.63) is 41.5 Å². The lowest BCUT2D eigenvalue weighted by Gasteiger charge is -2.36. The Morgan fingerprint density at radius 2 is 2.22 bits per heavy atom. The molecule has 18 heavy (non-hydrogen) atoms. The van der Waals surface area contributed by atoms with Gasteiger partial charge in [0.15, 0.2) is 0 Å². The second-order valence-corrected chi connectivity index (χ2v) is 5.34. The number of hydrogen-bond acceptors (Lipinski definition) is 2. The van der Waals surface area contributed by atoms with Crippen molar-refractivity contribution in [3.8, 4) is 5.75 Å². The van der Waals surface area contributed by atoms with E-state index in [0.717, 1.165) is 30.4 Å². The summed E-state index contributed by atoms with van der Waals surface area (Å²) in [6.07, 6.45) is 3.37. The predicted molar refractivity (Wildman–Crippen MR) is 69.8 cm³/mol.